The van der Waals surface area contributed by atoms with Crippen LogP contribution in [0.1, 0.15) is 5.69 Å². The summed E-state index contributed by atoms with van der Waals surface area (Å²) in [4.78, 5) is 4.09. The predicted octanol–water partition coefficient (Wildman–Crippen LogP) is 4.00. The summed E-state index contributed by atoms with van der Waals surface area (Å²) in [6.07, 6.45) is 0. The fourth-order valence-electron chi connectivity index (χ4n) is 1.29. The average Bonchev–Trinajstić information content (AvgIpc) is 2.34. The van der Waals surface area contributed by atoms with Crippen molar-refractivity contribution in [2.45, 2.75) is 0 Å². The monoisotopic (exact) mass is 263 g/mol. The third-order valence-corrected chi connectivity index (χ3v) is 2.79. The minimum absolute atomic E-state index is 0.357. The van der Waals surface area contributed by atoms with Crippen molar-refractivity contribution >= 4 is 34.7 Å². The molecule has 0 aliphatic rings. The Labute approximate surface area is 109 Å². The molecule has 0 fully saturated rings. The van der Waals surface area contributed by atoms with Crippen LogP contribution in [-0.4, -0.2) is 4.98 Å². The summed E-state index contributed by atoms with van der Waals surface area (Å²) in [5.74, 6) is 0.586. The molecular weight excluding hydrogens is 257 g/mol. The number of hydrogen-bond donors (Lipinski definition) is 1. The zero-order valence-electron chi connectivity index (χ0n) is 8.61. The maximum atomic E-state index is 8.73. The summed E-state index contributed by atoms with van der Waals surface area (Å²) >= 11 is 11.7. The molecule has 0 saturated carbocycles. The quantitative estimate of drug-likeness (QED) is 0.891. The predicted molar refractivity (Wildman–Crippen MR) is 68.7 cm³/mol. The van der Waals surface area contributed by atoms with E-state index < -0.39 is 0 Å². The maximum absolute atomic E-state index is 8.73. The molecule has 0 aliphatic carbocycles. The Balaban J connectivity index is 2.25. The van der Waals surface area contributed by atoms with Crippen LogP contribution < -0.4 is 5.32 Å². The van der Waals surface area contributed by atoms with Gasteiger partial charge in [0.25, 0.3) is 0 Å². The van der Waals surface area contributed by atoms with Crippen molar-refractivity contribution in [2.24, 2.45) is 0 Å². The molecule has 84 valence electrons. The molecule has 1 aromatic carbocycles. The van der Waals surface area contributed by atoms with Crippen LogP contribution in [0.15, 0.2) is 36.4 Å². The molecule has 3 nitrogen and oxygen atoms in total. The number of pyridine rings is 1. The van der Waals surface area contributed by atoms with Gasteiger partial charge in [-0.1, -0.05) is 29.3 Å². The van der Waals surface area contributed by atoms with E-state index in [0.717, 1.165) is 5.69 Å². The minimum Gasteiger partial charge on any atom is -0.340 e. The first-order valence-corrected chi connectivity index (χ1v) is 5.54. The Morgan fingerprint density at radius 1 is 1.12 bits per heavy atom. The van der Waals surface area contributed by atoms with E-state index in [2.05, 4.69) is 10.3 Å². The van der Waals surface area contributed by atoms with Crippen molar-refractivity contribution in [1.82, 2.24) is 4.98 Å². The van der Waals surface area contributed by atoms with Gasteiger partial charge in [-0.3, -0.25) is 0 Å². The largest absolute Gasteiger partial charge is 0.340 e. The maximum Gasteiger partial charge on any atom is 0.142 e. The van der Waals surface area contributed by atoms with Crippen LogP contribution in [0.5, 0.6) is 0 Å². The highest BCUT2D eigenvalue weighted by molar-refractivity contribution is 6.42. The minimum atomic E-state index is 0.357. The molecule has 0 radical (unpaired) electrons. The molecule has 0 aliphatic heterocycles. The zero-order valence-corrected chi connectivity index (χ0v) is 10.1. The van der Waals surface area contributed by atoms with E-state index >= 15 is 0 Å². The van der Waals surface area contributed by atoms with Crippen LogP contribution in [0.3, 0.4) is 0 Å². The van der Waals surface area contributed by atoms with Crippen molar-refractivity contribution in [1.29, 1.82) is 5.26 Å². The molecule has 0 atom stereocenters. The molecule has 0 bridgehead atoms. The van der Waals surface area contributed by atoms with Gasteiger partial charge in [0.05, 0.1) is 10.0 Å². The molecule has 2 rings (SSSR count). The van der Waals surface area contributed by atoms with Gasteiger partial charge in [0, 0.05) is 5.69 Å². The fourth-order valence-corrected chi connectivity index (χ4v) is 1.59. The van der Waals surface area contributed by atoms with E-state index in [4.69, 9.17) is 28.5 Å². The summed E-state index contributed by atoms with van der Waals surface area (Å²) in [7, 11) is 0. The fraction of sp³-hybridized carbons (Fsp3) is 0. The van der Waals surface area contributed by atoms with Crippen LogP contribution in [0.2, 0.25) is 10.0 Å². The second-order valence-corrected chi connectivity index (χ2v) is 4.09. The second kappa shape index (κ2) is 5.05. The van der Waals surface area contributed by atoms with Crippen molar-refractivity contribution in [3.8, 4) is 6.07 Å². The van der Waals surface area contributed by atoms with E-state index in [0.29, 0.717) is 21.6 Å². The molecule has 17 heavy (non-hydrogen) atoms. The summed E-state index contributed by atoms with van der Waals surface area (Å²) in [6.45, 7) is 0. The first kappa shape index (κ1) is 11.7. The Morgan fingerprint density at radius 2 is 1.94 bits per heavy atom. The van der Waals surface area contributed by atoms with Gasteiger partial charge in [0.15, 0.2) is 0 Å². The first-order chi connectivity index (χ1) is 8.19. The number of nitrogens with one attached hydrogen (secondary N) is 1. The topological polar surface area (TPSA) is 48.7 Å². The highest BCUT2D eigenvalue weighted by Gasteiger charge is 2.01. The molecule has 0 unspecified atom stereocenters. The lowest BCUT2D eigenvalue weighted by molar-refractivity contribution is 1.25. The molecule has 1 heterocycles. The van der Waals surface area contributed by atoms with Crippen molar-refractivity contribution in [3.63, 3.8) is 0 Å². The first-order valence-electron chi connectivity index (χ1n) is 4.78. The molecule has 1 aromatic heterocycles. The lowest BCUT2D eigenvalue weighted by Crippen LogP contribution is -1.94. The van der Waals surface area contributed by atoms with Gasteiger partial charge in [0.2, 0.25) is 0 Å². The van der Waals surface area contributed by atoms with E-state index in [1.54, 1.807) is 36.4 Å². The van der Waals surface area contributed by atoms with Crippen molar-refractivity contribution in [3.05, 3.63) is 52.1 Å². The number of aromatic nitrogens is 1. The van der Waals surface area contributed by atoms with Crippen molar-refractivity contribution in [2.75, 3.05) is 5.32 Å². The molecule has 0 saturated heterocycles. The molecule has 2 aromatic rings. The number of nitriles is 1. The van der Waals surface area contributed by atoms with E-state index in [9.17, 15) is 0 Å². The van der Waals surface area contributed by atoms with Crippen LogP contribution >= 0.6 is 23.2 Å². The summed E-state index contributed by atoms with van der Waals surface area (Å²) in [5, 5.41) is 12.7. The Hall–Kier alpha value is -1.76. The van der Waals surface area contributed by atoms with E-state index in [-0.39, 0.29) is 0 Å². The van der Waals surface area contributed by atoms with Crippen LogP contribution in [-0.2, 0) is 0 Å². The standard InChI is InChI=1S/C12H7Cl2N3/c13-10-5-4-8(6-11(10)14)16-12-3-1-2-9(7-15)17-12/h1-6H,(H,16,17). The van der Waals surface area contributed by atoms with Gasteiger partial charge in [-0.25, -0.2) is 4.98 Å². The molecule has 5 heteroatoms. The summed E-state index contributed by atoms with van der Waals surface area (Å²) < 4.78 is 0. The van der Waals surface area contributed by atoms with Crippen LogP contribution in [0.4, 0.5) is 11.5 Å². The van der Waals surface area contributed by atoms with Crippen molar-refractivity contribution < 1.29 is 0 Å². The zero-order chi connectivity index (χ0) is 12.3. The smallest absolute Gasteiger partial charge is 0.142 e. The highest BCUT2D eigenvalue weighted by Crippen LogP contribution is 2.26. The van der Waals surface area contributed by atoms with Crippen LogP contribution in [0.25, 0.3) is 0 Å². The average molecular weight is 264 g/mol. The lowest BCUT2D eigenvalue weighted by Gasteiger charge is -2.06. The van der Waals surface area contributed by atoms with E-state index in [1.165, 1.54) is 0 Å². The Morgan fingerprint density at radius 3 is 2.65 bits per heavy atom. The number of benzene rings is 1. The second-order valence-electron chi connectivity index (χ2n) is 3.27. The lowest BCUT2D eigenvalue weighted by atomic mass is 10.3. The summed E-state index contributed by atoms with van der Waals surface area (Å²) in [6, 6.07) is 12.3. The number of hydrogen-bond acceptors (Lipinski definition) is 3. The molecule has 0 spiro atoms. The number of anilines is 2. The normalized spacial score (nSPS) is 9.71. The number of halogens is 2. The van der Waals surface area contributed by atoms with E-state index in [1.807, 2.05) is 6.07 Å². The Kier molecular flexibility index (Phi) is 3.48. The third-order valence-electron chi connectivity index (χ3n) is 2.06. The summed E-state index contributed by atoms with van der Waals surface area (Å²) in [5.41, 5.74) is 1.12. The molecule has 1 N–H and O–H groups in total. The van der Waals surface area contributed by atoms with Crippen LogP contribution in [0, 0.1) is 11.3 Å². The third kappa shape index (κ3) is 2.88. The number of rotatable bonds is 2. The molecular formula is C12H7Cl2N3. The number of nitrogens with zero attached hydrogens (tertiary/aromatic N) is 2. The SMILES string of the molecule is N#Cc1cccc(Nc2ccc(Cl)c(Cl)c2)n1. The van der Waals surface area contributed by atoms with Gasteiger partial charge in [-0.2, -0.15) is 5.26 Å². The van der Waals surface area contributed by atoms with Gasteiger partial charge in [0.1, 0.15) is 17.6 Å². The van der Waals surface area contributed by atoms with Gasteiger partial charge < -0.3 is 5.32 Å². The van der Waals surface area contributed by atoms with Gasteiger partial charge in [-0.05, 0) is 30.3 Å². The van der Waals surface area contributed by atoms with Gasteiger partial charge in [-0.15, -0.1) is 0 Å². The van der Waals surface area contributed by atoms with Gasteiger partial charge >= 0.3 is 0 Å². The molecule has 0 amide bonds. The Bertz CT molecular complexity index is 591. The highest BCUT2D eigenvalue weighted by atomic mass is 35.5.